The second kappa shape index (κ2) is 9.83. The number of furan rings is 1. The number of benzene rings is 7. The van der Waals surface area contributed by atoms with Gasteiger partial charge in [-0.25, -0.2) is 9.97 Å². The molecule has 46 heavy (non-hydrogen) atoms. The first-order valence-electron chi connectivity index (χ1n) is 15.4. The Balaban J connectivity index is 1.11. The van der Waals surface area contributed by atoms with Crippen molar-refractivity contribution in [3.8, 4) is 33.5 Å². The van der Waals surface area contributed by atoms with E-state index < -0.39 is 0 Å². The Morgan fingerprint density at radius 2 is 1.11 bits per heavy atom. The van der Waals surface area contributed by atoms with Crippen LogP contribution in [0.4, 0.5) is 0 Å². The fraction of sp³-hybridized carbons (Fsp3) is 0. The molecule has 3 heterocycles. The van der Waals surface area contributed by atoms with E-state index in [0.717, 1.165) is 49.6 Å². The third kappa shape index (κ3) is 3.77. The van der Waals surface area contributed by atoms with Crippen LogP contribution in [0.15, 0.2) is 150 Å². The van der Waals surface area contributed by atoms with E-state index in [1.807, 2.05) is 17.5 Å². The molecular formula is C42H24N2OS. The number of rotatable bonds is 3. The molecule has 0 fully saturated rings. The lowest BCUT2D eigenvalue weighted by Crippen LogP contribution is -1.88. The van der Waals surface area contributed by atoms with Crippen molar-refractivity contribution < 1.29 is 4.42 Å². The first-order valence-corrected chi connectivity index (χ1v) is 16.2. The predicted molar refractivity (Wildman–Crippen MR) is 194 cm³/mol. The minimum Gasteiger partial charge on any atom is -0.436 e. The van der Waals surface area contributed by atoms with Gasteiger partial charge in [-0.3, -0.25) is 0 Å². The molecule has 0 saturated heterocycles. The first-order chi connectivity index (χ1) is 22.8. The predicted octanol–water partition coefficient (Wildman–Crippen LogP) is 12.1. The molecule has 0 radical (unpaired) electrons. The van der Waals surface area contributed by atoms with Gasteiger partial charge in [-0.05, 0) is 56.6 Å². The number of fused-ring (bicyclic) bond motifs is 11. The highest BCUT2D eigenvalue weighted by Crippen LogP contribution is 2.42. The van der Waals surface area contributed by atoms with Crippen molar-refractivity contribution in [2.75, 3.05) is 0 Å². The monoisotopic (exact) mass is 604 g/mol. The third-order valence-electron chi connectivity index (χ3n) is 9.13. The zero-order valence-corrected chi connectivity index (χ0v) is 25.4. The molecule has 214 valence electrons. The van der Waals surface area contributed by atoms with Crippen molar-refractivity contribution in [1.82, 2.24) is 9.97 Å². The number of hydrogen-bond acceptors (Lipinski definition) is 4. The molecule has 3 aromatic heterocycles. The summed E-state index contributed by atoms with van der Waals surface area (Å²) in [7, 11) is 0. The zero-order valence-electron chi connectivity index (χ0n) is 24.6. The van der Waals surface area contributed by atoms with Gasteiger partial charge in [0.15, 0.2) is 0 Å². The summed E-state index contributed by atoms with van der Waals surface area (Å²) in [6.45, 7) is 0. The summed E-state index contributed by atoms with van der Waals surface area (Å²) >= 11 is 1.86. The van der Waals surface area contributed by atoms with Gasteiger partial charge in [0.05, 0.1) is 17.3 Å². The Morgan fingerprint density at radius 3 is 1.93 bits per heavy atom. The Morgan fingerprint density at radius 1 is 0.500 bits per heavy atom. The highest BCUT2D eigenvalue weighted by atomic mass is 32.1. The van der Waals surface area contributed by atoms with Crippen LogP contribution < -0.4 is 0 Å². The number of aromatic nitrogens is 2. The molecule has 7 aromatic carbocycles. The molecule has 0 aliphatic rings. The van der Waals surface area contributed by atoms with E-state index in [4.69, 9.17) is 14.4 Å². The summed E-state index contributed by atoms with van der Waals surface area (Å²) in [5.74, 6) is 0. The lowest BCUT2D eigenvalue weighted by Gasteiger charge is -2.09. The lowest BCUT2D eigenvalue weighted by atomic mass is 9.96. The van der Waals surface area contributed by atoms with E-state index in [0.29, 0.717) is 5.71 Å². The number of nitrogens with zero attached hydrogens (tertiary/aromatic N) is 2. The van der Waals surface area contributed by atoms with E-state index in [1.165, 1.54) is 42.1 Å². The summed E-state index contributed by atoms with van der Waals surface area (Å²) in [6, 6.07) is 49.6. The zero-order chi connectivity index (χ0) is 30.2. The van der Waals surface area contributed by atoms with Crippen LogP contribution >= 0.6 is 11.3 Å². The molecule has 0 spiro atoms. The molecule has 10 rings (SSSR count). The van der Waals surface area contributed by atoms with Crippen molar-refractivity contribution in [2.45, 2.75) is 0 Å². The fourth-order valence-electron chi connectivity index (χ4n) is 7.00. The van der Waals surface area contributed by atoms with E-state index in [-0.39, 0.29) is 0 Å². The summed E-state index contributed by atoms with van der Waals surface area (Å²) in [4.78, 5) is 9.97. The van der Waals surface area contributed by atoms with Crippen LogP contribution in [-0.4, -0.2) is 9.97 Å². The maximum atomic E-state index is 6.39. The largest absolute Gasteiger partial charge is 0.436 e. The van der Waals surface area contributed by atoms with Gasteiger partial charge < -0.3 is 4.42 Å². The fourth-order valence-corrected chi connectivity index (χ4v) is 8.24. The Kier molecular flexibility index (Phi) is 5.45. The molecule has 0 N–H and O–H groups in total. The first kappa shape index (κ1) is 25.5. The second-order valence-corrected chi connectivity index (χ2v) is 12.8. The Bertz CT molecular complexity index is 2830. The highest BCUT2D eigenvalue weighted by molar-refractivity contribution is 7.26. The molecule has 0 aliphatic heterocycles. The SMILES string of the molecule is c1cc(-c2cccc(-c3cccc4c3sc3ccccc34)c2)cc(-c2cnc3oc4c5ccccc5c5ccccc5c4c3n2)c1. The standard InChI is InChI=1S/C42H24N2OS/c1-3-17-33-30(14-1)31-15-2-4-18-34(31)40-38(33)39-42(45-40)43-24-36(44-39)28-13-8-11-26(23-28)25-10-7-12-27(22-25)29-19-9-20-35-32-16-5-6-21-37(32)46-41(29)35/h1-24H. The topological polar surface area (TPSA) is 38.9 Å². The van der Waals surface area contributed by atoms with Crippen LogP contribution in [0.5, 0.6) is 0 Å². The van der Waals surface area contributed by atoms with Gasteiger partial charge in [0.1, 0.15) is 11.1 Å². The average Bonchev–Trinajstić information content (AvgIpc) is 3.71. The summed E-state index contributed by atoms with van der Waals surface area (Å²) in [6.07, 6.45) is 1.83. The molecule has 0 saturated carbocycles. The van der Waals surface area contributed by atoms with Crippen molar-refractivity contribution in [1.29, 1.82) is 0 Å². The maximum Gasteiger partial charge on any atom is 0.246 e. The molecule has 0 unspecified atom stereocenters. The molecule has 0 bridgehead atoms. The van der Waals surface area contributed by atoms with Crippen LogP contribution in [0, 0.1) is 0 Å². The minimum atomic E-state index is 0.555. The highest BCUT2D eigenvalue weighted by Gasteiger charge is 2.18. The van der Waals surface area contributed by atoms with Gasteiger partial charge in [-0.15, -0.1) is 11.3 Å². The van der Waals surface area contributed by atoms with Gasteiger partial charge in [0.25, 0.3) is 0 Å². The molecule has 4 heteroatoms. The molecule has 3 nitrogen and oxygen atoms in total. The number of hydrogen-bond donors (Lipinski definition) is 0. The van der Waals surface area contributed by atoms with Gasteiger partial charge in [-0.2, -0.15) is 0 Å². The van der Waals surface area contributed by atoms with Crippen LogP contribution in [0.25, 0.3) is 97.4 Å². The summed E-state index contributed by atoms with van der Waals surface area (Å²) in [5, 5.41) is 8.20. The number of thiophene rings is 1. The lowest BCUT2D eigenvalue weighted by molar-refractivity contribution is 0.657. The van der Waals surface area contributed by atoms with Crippen molar-refractivity contribution >= 4 is 75.3 Å². The van der Waals surface area contributed by atoms with E-state index >= 15 is 0 Å². The molecule has 0 amide bonds. The quantitative estimate of drug-likeness (QED) is 0.188. The smallest absolute Gasteiger partial charge is 0.246 e. The maximum absolute atomic E-state index is 6.39. The Hall–Kier alpha value is -5.84. The van der Waals surface area contributed by atoms with Crippen LogP contribution in [-0.2, 0) is 0 Å². The molecular weight excluding hydrogens is 581 g/mol. The van der Waals surface area contributed by atoms with Crippen LogP contribution in [0.2, 0.25) is 0 Å². The van der Waals surface area contributed by atoms with E-state index in [9.17, 15) is 0 Å². The normalized spacial score (nSPS) is 11.9. The third-order valence-corrected chi connectivity index (χ3v) is 10.3. The Labute approximate surface area is 268 Å². The van der Waals surface area contributed by atoms with Gasteiger partial charge in [0, 0.05) is 31.1 Å². The van der Waals surface area contributed by atoms with Gasteiger partial charge in [0.2, 0.25) is 5.71 Å². The van der Waals surface area contributed by atoms with Crippen molar-refractivity contribution in [3.63, 3.8) is 0 Å². The van der Waals surface area contributed by atoms with E-state index in [2.05, 4.69) is 140 Å². The van der Waals surface area contributed by atoms with Gasteiger partial charge >= 0.3 is 0 Å². The average molecular weight is 605 g/mol. The van der Waals surface area contributed by atoms with E-state index in [1.54, 1.807) is 0 Å². The summed E-state index contributed by atoms with van der Waals surface area (Å²) in [5.41, 5.74) is 8.79. The second-order valence-electron chi connectivity index (χ2n) is 11.7. The molecule has 0 atom stereocenters. The molecule has 0 aliphatic carbocycles. The summed E-state index contributed by atoms with van der Waals surface area (Å²) < 4.78 is 9.03. The van der Waals surface area contributed by atoms with Crippen LogP contribution in [0.3, 0.4) is 0 Å². The van der Waals surface area contributed by atoms with Crippen LogP contribution in [0.1, 0.15) is 0 Å². The minimum absolute atomic E-state index is 0.555. The van der Waals surface area contributed by atoms with Crippen molar-refractivity contribution in [3.05, 3.63) is 146 Å². The van der Waals surface area contributed by atoms with Crippen molar-refractivity contribution in [2.24, 2.45) is 0 Å². The van der Waals surface area contributed by atoms with Gasteiger partial charge in [-0.1, -0.05) is 121 Å². The molecule has 10 aromatic rings.